The number of halogens is 1. The smallest absolute Gasteiger partial charge is 0.213 e. The summed E-state index contributed by atoms with van der Waals surface area (Å²) >= 11 is 6.12. The molecule has 1 unspecified atom stereocenters. The number of piperidine rings is 1. The van der Waals surface area contributed by atoms with Crippen molar-refractivity contribution in [3.05, 3.63) is 34.9 Å². The van der Waals surface area contributed by atoms with Crippen LogP contribution in [-0.4, -0.2) is 61.8 Å². The van der Waals surface area contributed by atoms with Gasteiger partial charge in [0.05, 0.1) is 12.3 Å². The molecule has 0 radical (unpaired) electrons. The molecular formula is C18H29ClN4O3S. The van der Waals surface area contributed by atoms with Gasteiger partial charge >= 0.3 is 0 Å². The second kappa shape index (κ2) is 10.3. The normalized spacial score (nSPS) is 18.3. The summed E-state index contributed by atoms with van der Waals surface area (Å²) in [7, 11) is -3.13. The topological polar surface area (TPSA) is 94.0 Å². The zero-order chi connectivity index (χ0) is 19.9. The molecule has 1 aromatic carbocycles. The Morgan fingerprint density at radius 1 is 1.33 bits per heavy atom. The van der Waals surface area contributed by atoms with Crippen LogP contribution in [0.1, 0.15) is 38.4 Å². The van der Waals surface area contributed by atoms with Gasteiger partial charge in [0.25, 0.3) is 0 Å². The average Bonchev–Trinajstić information content (AvgIpc) is 2.67. The summed E-state index contributed by atoms with van der Waals surface area (Å²) in [6.07, 6.45) is 0.652. The quantitative estimate of drug-likeness (QED) is 0.465. The number of rotatable bonds is 7. The lowest BCUT2D eigenvalue weighted by Gasteiger charge is -2.32. The highest BCUT2D eigenvalue weighted by molar-refractivity contribution is 7.89. The third-order valence-corrected chi connectivity index (χ3v) is 6.81. The fourth-order valence-electron chi connectivity index (χ4n) is 3.00. The van der Waals surface area contributed by atoms with Gasteiger partial charge in [0.2, 0.25) is 10.0 Å². The van der Waals surface area contributed by atoms with E-state index in [-0.39, 0.29) is 18.3 Å². The Labute approximate surface area is 166 Å². The second-order valence-corrected chi connectivity index (χ2v) is 9.14. The molecule has 9 heteroatoms. The monoisotopic (exact) mass is 416 g/mol. The van der Waals surface area contributed by atoms with E-state index in [0.29, 0.717) is 36.2 Å². The molecule has 0 spiro atoms. The summed E-state index contributed by atoms with van der Waals surface area (Å²) in [5, 5.41) is 17.4. The van der Waals surface area contributed by atoms with Crippen molar-refractivity contribution in [2.75, 3.05) is 31.9 Å². The molecule has 0 aromatic heterocycles. The summed E-state index contributed by atoms with van der Waals surface area (Å²) in [6.45, 7) is 5.53. The van der Waals surface area contributed by atoms with E-state index in [1.165, 1.54) is 0 Å². The molecule has 1 fully saturated rings. The Balaban J connectivity index is 1.94. The fraction of sp³-hybridized carbons (Fsp3) is 0.611. The molecule has 0 saturated carbocycles. The fourth-order valence-corrected chi connectivity index (χ4v) is 4.39. The van der Waals surface area contributed by atoms with Gasteiger partial charge in [0.1, 0.15) is 6.10 Å². The number of aliphatic hydroxyl groups excluding tert-OH is 1. The van der Waals surface area contributed by atoms with Gasteiger partial charge in [-0.1, -0.05) is 29.8 Å². The number of hydrogen-bond donors (Lipinski definition) is 3. The van der Waals surface area contributed by atoms with Crippen molar-refractivity contribution >= 4 is 27.6 Å². The van der Waals surface area contributed by atoms with Crippen LogP contribution in [0.4, 0.5) is 0 Å². The molecule has 3 N–H and O–H groups in total. The number of hydrogen-bond acceptors (Lipinski definition) is 4. The highest BCUT2D eigenvalue weighted by atomic mass is 35.5. The van der Waals surface area contributed by atoms with Gasteiger partial charge in [-0.25, -0.2) is 12.7 Å². The zero-order valence-electron chi connectivity index (χ0n) is 15.9. The molecule has 0 amide bonds. The van der Waals surface area contributed by atoms with Crippen molar-refractivity contribution in [2.45, 2.75) is 38.8 Å². The van der Waals surface area contributed by atoms with E-state index in [2.05, 4.69) is 15.6 Å². The number of guanidine groups is 1. The molecule has 1 aliphatic heterocycles. The summed E-state index contributed by atoms with van der Waals surface area (Å²) in [5.41, 5.74) is 0.650. The Bertz CT molecular complexity index is 734. The van der Waals surface area contributed by atoms with Crippen molar-refractivity contribution in [1.82, 2.24) is 14.9 Å². The van der Waals surface area contributed by atoms with Gasteiger partial charge < -0.3 is 15.7 Å². The highest BCUT2D eigenvalue weighted by Gasteiger charge is 2.27. The first-order chi connectivity index (χ1) is 12.9. The molecule has 1 aliphatic rings. The Hall–Kier alpha value is -1.35. The minimum atomic E-state index is -3.13. The molecule has 1 aromatic rings. The van der Waals surface area contributed by atoms with Gasteiger partial charge in [0, 0.05) is 36.3 Å². The maximum Gasteiger partial charge on any atom is 0.213 e. The SMILES string of the molecule is CCNC(=NCC(O)c1ccccc1Cl)NC1CCN(S(=O)(=O)CC)CC1. The van der Waals surface area contributed by atoms with Crippen LogP contribution in [-0.2, 0) is 10.0 Å². The van der Waals surface area contributed by atoms with E-state index in [4.69, 9.17) is 11.6 Å². The van der Waals surface area contributed by atoms with E-state index < -0.39 is 16.1 Å². The molecule has 0 aliphatic carbocycles. The van der Waals surface area contributed by atoms with Crippen LogP contribution in [0.5, 0.6) is 0 Å². The molecule has 27 heavy (non-hydrogen) atoms. The number of aliphatic imine (C=N–C) groups is 1. The average molecular weight is 417 g/mol. The van der Waals surface area contributed by atoms with Crippen LogP contribution in [0.2, 0.25) is 5.02 Å². The van der Waals surface area contributed by atoms with Crippen LogP contribution in [0.25, 0.3) is 0 Å². The van der Waals surface area contributed by atoms with Crippen molar-refractivity contribution in [1.29, 1.82) is 0 Å². The predicted molar refractivity (Wildman–Crippen MR) is 110 cm³/mol. The minimum absolute atomic E-state index is 0.134. The molecule has 7 nitrogen and oxygen atoms in total. The number of nitrogens with zero attached hydrogens (tertiary/aromatic N) is 2. The van der Waals surface area contributed by atoms with Crippen LogP contribution < -0.4 is 10.6 Å². The van der Waals surface area contributed by atoms with Gasteiger partial charge in [-0.2, -0.15) is 0 Å². The van der Waals surface area contributed by atoms with Crippen LogP contribution in [0.15, 0.2) is 29.3 Å². The maximum absolute atomic E-state index is 12.0. The summed E-state index contributed by atoms with van der Waals surface area (Å²) in [6, 6.07) is 7.32. The van der Waals surface area contributed by atoms with E-state index >= 15 is 0 Å². The Morgan fingerprint density at radius 2 is 2.00 bits per heavy atom. The van der Waals surface area contributed by atoms with Gasteiger partial charge in [0.15, 0.2) is 5.96 Å². The molecule has 2 rings (SSSR count). The van der Waals surface area contributed by atoms with E-state index in [9.17, 15) is 13.5 Å². The highest BCUT2D eigenvalue weighted by Crippen LogP contribution is 2.22. The van der Waals surface area contributed by atoms with Crippen molar-refractivity contribution < 1.29 is 13.5 Å². The molecule has 1 atom stereocenters. The lowest BCUT2D eigenvalue weighted by molar-refractivity contribution is 0.187. The van der Waals surface area contributed by atoms with Crippen LogP contribution >= 0.6 is 11.6 Å². The van der Waals surface area contributed by atoms with Gasteiger partial charge in [-0.15, -0.1) is 0 Å². The van der Waals surface area contributed by atoms with Crippen molar-refractivity contribution in [3.63, 3.8) is 0 Å². The second-order valence-electron chi connectivity index (χ2n) is 6.48. The Morgan fingerprint density at radius 3 is 2.59 bits per heavy atom. The zero-order valence-corrected chi connectivity index (χ0v) is 17.4. The molecule has 1 saturated heterocycles. The van der Waals surface area contributed by atoms with Crippen LogP contribution in [0.3, 0.4) is 0 Å². The Kier molecular flexibility index (Phi) is 8.34. The number of benzene rings is 1. The number of aliphatic hydroxyl groups is 1. The van der Waals surface area contributed by atoms with Crippen LogP contribution in [0, 0.1) is 0 Å². The maximum atomic E-state index is 12.0. The predicted octanol–water partition coefficient (Wildman–Crippen LogP) is 1.74. The third-order valence-electron chi connectivity index (χ3n) is 4.58. The van der Waals surface area contributed by atoms with E-state index in [0.717, 1.165) is 12.8 Å². The largest absolute Gasteiger partial charge is 0.386 e. The summed E-state index contributed by atoms with van der Waals surface area (Å²) in [4.78, 5) is 4.46. The van der Waals surface area contributed by atoms with E-state index in [1.807, 2.05) is 19.1 Å². The van der Waals surface area contributed by atoms with Crippen molar-refractivity contribution in [3.8, 4) is 0 Å². The van der Waals surface area contributed by atoms with Gasteiger partial charge in [-0.3, -0.25) is 4.99 Å². The number of sulfonamides is 1. The lowest BCUT2D eigenvalue weighted by Crippen LogP contribution is -2.50. The molecule has 1 heterocycles. The van der Waals surface area contributed by atoms with Crippen molar-refractivity contribution in [2.24, 2.45) is 4.99 Å². The summed E-state index contributed by atoms with van der Waals surface area (Å²) < 4.78 is 25.5. The molecular weight excluding hydrogens is 388 g/mol. The standard InChI is InChI=1S/C18H29ClN4O3S/c1-3-20-18(21-13-17(24)15-7-5-6-8-16(15)19)22-14-9-11-23(12-10-14)27(25,26)4-2/h5-8,14,17,24H,3-4,9-13H2,1-2H3,(H2,20,21,22). The minimum Gasteiger partial charge on any atom is -0.386 e. The first-order valence-corrected chi connectivity index (χ1v) is 11.3. The number of nitrogens with one attached hydrogen (secondary N) is 2. The van der Waals surface area contributed by atoms with E-state index in [1.54, 1.807) is 23.4 Å². The first kappa shape index (κ1) is 21.9. The lowest BCUT2D eigenvalue weighted by atomic mass is 10.1. The first-order valence-electron chi connectivity index (χ1n) is 9.32. The molecule has 0 bridgehead atoms. The van der Waals surface area contributed by atoms with Gasteiger partial charge in [-0.05, 0) is 32.8 Å². The third kappa shape index (κ3) is 6.34. The molecule has 152 valence electrons. The summed E-state index contributed by atoms with van der Waals surface area (Å²) in [5.74, 6) is 0.746.